The Bertz CT molecular complexity index is 415. The zero-order chi connectivity index (χ0) is 11.4. The third kappa shape index (κ3) is 2.97. The molecule has 1 atom stereocenters. The van der Waals surface area contributed by atoms with Gasteiger partial charge in [0.1, 0.15) is 5.69 Å². The SMILES string of the molecule is CC(CC(=O)O)Nc1nc[nH]c(=O)c1N. The number of H-pyrrole nitrogens is 1. The summed E-state index contributed by atoms with van der Waals surface area (Å²) < 4.78 is 0. The van der Waals surface area contributed by atoms with Gasteiger partial charge in [-0.25, -0.2) is 4.98 Å². The quantitative estimate of drug-likeness (QED) is 0.540. The molecule has 1 rings (SSSR count). The van der Waals surface area contributed by atoms with E-state index in [2.05, 4.69) is 15.3 Å². The summed E-state index contributed by atoms with van der Waals surface area (Å²) in [6.07, 6.45) is 1.13. The fourth-order valence-electron chi connectivity index (χ4n) is 1.07. The summed E-state index contributed by atoms with van der Waals surface area (Å²) in [5.41, 5.74) is 4.95. The van der Waals surface area contributed by atoms with Crippen molar-refractivity contribution in [2.45, 2.75) is 19.4 Å². The van der Waals surface area contributed by atoms with Crippen LogP contribution in [0.15, 0.2) is 11.1 Å². The number of aliphatic carboxylic acids is 1. The number of anilines is 2. The first-order valence-electron chi connectivity index (χ1n) is 4.32. The Hall–Kier alpha value is -2.05. The Balaban J connectivity index is 2.76. The molecule has 1 heterocycles. The minimum atomic E-state index is -0.932. The van der Waals surface area contributed by atoms with Crippen LogP contribution in [0.4, 0.5) is 11.5 Å². The minimum absolute atomic E-state index is 0.0465. The van der Waals surface area contributed by atoms with Crippen LogP contribution in [0.5, 0.6) is 0 Å². The van der Waals surface area contributed by atoms with Crippen LogP contribution in [0.3, 0.4) is 0 Å². The Labute approximate surface area is 85.3 Å². The highest BCUT2D eigenvalue weighted by atomic mass is 16.4. The van der Waals surface area contributed by atoms with Gasteiger partial charge in [0.15, 0.2) is 5.82 Å². The number of hydrogen-bond donors (Lipinski definition) is 4. The molecule has 7 heteroatoms. The minimum Gasteiger partial charge on any atom is -0.481 e. The summed E-state index contributed by atoms with van der Waals surface area (Å²) in [6, 6.07) is -0.348. The molecule has 0 saturated carbocycles. The summed E-state index contributed by atoms with van der Waals surface area (Å²) >= 11 is 0. The maximum Gasteiger partial charge on any atom is 0.305 e. The molecule has 0 aliphatic carbocycles. The van der Waals surface area contributed by atoms with Crippen LogP contribution in [0, 0.1) is 0 Å². The van der Waals surface area contributed by atoms with E-state index in [1.165, 1.54) is 6.33 Å². The Morgan fingerprint density at radius 1 is 1.80 bits per heavy atom. The predicted molar refractivity (Wildman–Crippen MR) is 54.6 cm³/mol. The van der Waals surface area contributed by atoms with Gasteiger partial charge in [0.25, 0.3) is 5.56 Å². The largest absolute Gasteiger partial charge is 0.481 e. The molecule has 0 aliphatic rings. The van der Waals surface area contributed by atoms with Crippen molar-refractivity contribution in [2.75, 3.05) is 11.1 Å². The molecule has 1 aromatic heterocycles. The molecule has 0 saturated heterocycles. The zero-order valence-electron chi connectivity index (χ0n) is 8.15. The van der Waals surface area contributed by atoms with Crippen LogP contribution in [-0.4, -0.2) is 27.1 Å². The van der Waals surface area contributed by atoms with E-state index in [-0.39, 0.29) is 24.0 Å². The molecule has 82 valence electrons. The summed E-state index contributed by atoms with van der Waals surface area (Å²) in [4.78, 5) is 27.6. The van der Waals surface area contributed by atoms with Crippen molar-refractivity contribution in [1.82, 2.24) is 9.97 Å². The van der Waals surface area contributed by atoms with Gasteiger partial charge in [-0.3, -0.25) is 9.59 Å². The number of nitrogens with one attached hydrogen (secondary N) is 2. The van der Waals surface area contributed by atoms with Crippen molar-refractivity contribution in [3.63, 3.8) is 0 Å². The molecule has 1 aromatic rings. The van der Waals surface area contributed by atoms with E-state index < -0.39 is 11.5 Å². The van der Waals surface area contributed by atoms with Gasteiger partial charge in [0.05, 0.1) is 12.7 Å². The van der Waals surface area contributed by atoms with Gasteiger partial charge >= 0.3 is 5.97 Å². The molecule has 1 unspecified atom stereocenters. The van der Waals surface area contributed by atoms with Gasteiger partial charge < -0.3 is 21.1 Å². The van der Waals surface area contributed by atoms with Crippen LogP contribution in [-0.2, 0) is 4.79 Å². The van der Waals surface area contributed by atoms with Crippen molar-refractivity contribution in [3.05, 3.63) is 16.7 Å². The molecule has 0 aliphatic heterocycles. The smallest absolute Gasteiger partial charge is 0.305 e. The van der Waals surface area contributed by atoms with Crippen LogP contribution >= 0.6 is 0 Å². The van der Waals surface area contributed by atoms with Crippen LogP contribution in [0.25, 0.3) is 0 Å². The van der Waals surface area contributed by atoms with E-state index in [4.69, 9.17) is 10.8 Å². The molecule has 0 radical (unpaired) electrons. The molecular weight excluding hydrogens is 200 g/mol. The van der Waals surface area contributed by atoms with Crippen molar-refractivity contribution >= 4 is 17.5 Å². The van der Waals surface area contributed by atoms with E-state index in [9.17, 15) is 9.59 Å². The second kappa shape index (κ2) is 4.45. The molecule has 0 spiro atoms. The van der Waals surface area contributed by atoms with E-state index in [0.717, 1.165) is 0 Å². The van der Waals surface area contributed by atoms with Crippen molar-refractivity contribution in [2.24, 2.45) is 0 Å². The first kappa shape index (κ1) is 11.0. The van der Waals surface area contributed by atoms with Crippen molar-refractivity contribution < 1.29 is 9.90 Å². The third-order valence-electron chi connectivity index (χ3n) is 1.75. The number of aromatic nitrogens is 2. The molecule has 15 heavy (non-hydrogen) atoms. The van der Waals surface area contributed by atoms with Gasteiger partial charge in [0.2, 0.25) is 0 Å². The average molecular weight is 212 g/mol. The summed E-state index contributed by atoms with van der Waals surface area (Å²) in [5.74, 6) is -0.731. The summed E-state index contributed by atoms with van der Waals surface area (Å²) in [7, 11) is 0. The number of carboxylic acid groups (broad SMARTS) is 1. The van der Waals surface area contributed by atoms with Crippen LogP contribution < -0.4 is 16.6 Å². The Morgan fingerprint density at radius 2 is 2.47 bits per heavy atom. The fraction of sp³-hybridized carbons (Fsp3) is 0.375. The molecule has 7 nitrogen and oxygen atoms in total. The highest BCUT2D eigenvalue weighted by Gasteiger charge is 2.10. The maximum absolute atomic E-state index is 11.1. The first-order chi connectivity index (χ1) is 7.00. The maximum atomic E-state index is 11.1. The van der Waals surface area contributed by atoms with Gasteiger partial charge in [-0.15, -0.1) is 0 Å². The number of carboxylic acids is 1. The van der Waals surface area contributed by atoms with Crippen molar-refractivity contribution in [1.29, 1.82) is 0 Å². The second-order valence-corrected chi connectivity index (χ2v) is 3.14. The molecule has 5 N–H and O–H groups in total. The highest BCUT2D eigenvalue weighted by Crippen LogP contribution is 2.10. The standard InChI is InChI=1S/C8H12N4O3/c1-4(2-5(13)14)12-7-6(9)8(15)11-3-10-7/h3-4H,2,9H2,1H3,(H,13,14)(H2,10,11,12,15). The lowest BCUT2D eigenvalue weighted by atomic mass is 10.2. The second-order valence-electron chi connectivity index (χ2n) is 3.14. The van der Waals surface area contributed by atoms with E-state index in [1.54, 1.807) is 6.92 Å². The number of aromatic amines is 1. The average Bonchev–Trinajstić information content (AvgIpc) is 2.11. The molecule has 0 aromatic carbocycles. The molecular formula is C8H12N4O3. The van der Waals surface area contributed by atoms with Gasteiger partial charge in [-0.05, 0) is 6.92 Å². The zero-order valence-corrected chi connectivity index (χ0v) is 8.15. The normalized spacial score (nSPS) is 12.1. The predicted octanol–water partition coefficient (Wildman–Crippen LogP) is -0.373. The highest BCUT2D eigenvalue weighted by molar-refractivity contribution is 5.68. The molecule has 0 amide bonds. The number of nitrogens with two attached hydrogens (primary N) is 1. The van der Waals surface area contributed by atoms with Gasteiger partial charge in [-0.2, -0.15) is 0 Å². The topological polar surface area (TPSA) is 121 Å². The Morgan fingerprint density at radius 3 is 3.07 bits per heavy atom. The van der Waals surface area contributed by atoms with E-state index >= 15 is 0 Å². The first-order valence-corrected chi connectivity index (χ1v) is 4.32. The number of rotatable bonds is 4. The lowest BCUT2D eigenvalue weighted by molar-refractivity contribution is -0.137. The number of hydrogen-bond acceptors (Lipinski definition) is 5. The third-order valence-corrected chi connectivity index (χ3v) is 1.75. The fourth-order valence-corrected chi connectivity index (χ4v) is 1.07. The van der Waals surface area contributed by atoms with Gasteiger partial charge in [-0.1, -0.05) is 0 Å². The van der Waals surface area contributed by atoms with Crippen molar-refractivity contribution in [3.8, 4) is 0 Å². The van der Waals surface area contributed by atoms with Gasteiger partial charge in [0, 0.05) is 6.04 Å². The van der Waals surface area contributed by atoms with Crippen LogP contribution in [0.2, 0.25) is 0 Å². The van der Waals surface area contributed by atoms with E-state index in [1.807, 2.05) is 0 Å². The lowest BCUT2D eigenvalue weighted by Crippen LogP contribution is -2.23. The Kier molecular flexibility index (Phi) is 3.27. The number of nitrogens with zero attached hydrogens (tertiary/aromatic N) is 1. The van der Waals surface area contributed by atoms with E-state index in [0.29, 0.717) is 0 Å². The lowest BCUT2D eigenvalue weighted by Gasteiger charge is -2.12. The monoisotopic (exact) mass is 212 g/mol. The number of carbonyl (C=O) groups is 1. The summed E-state index contributed by atoms with van der Waals surface area (Å²) in [5, 5.41) is 11.3. The summed E-state index contributed by atoms with van der Waals surface area (Å²) in [6.45, 7) is 1.66. The number of nitrogen functional groups attached to an aromatic ring is 1. The van der Waals surface area contributed by atoms with Crippen LogP contribution in [0.1, 0.15) is 13.3 Å². The molecule has 0 fully saturated rings. The molecule has 0 bridgehead atoms.